The van der Waals surface area contributed by atoms with Gasteiger partial charge in [0, 0.05) is 18.8 Å². The van der Waals surface area contributed by atoms with Gasteiger partial charge in [0.1, 0.15) is 0 Å². The Bertz CT molecular complexity index is 476. The predicted molar refractivity (Wildman–Crippen MR) is 93.9 cm³/mol. The first-order chi connectivity index (χ1) is 11.5. The number of esters is 2. The van der Waals surface area contributed by atoms with Crippen LogP contribution in [0.2, 0.25) is 0 Å². The molecular formula is C18H28O5S. The summed E-state index contributed by atoms with van der Waals surface area (Å²) in [5.74, 6) is 0.0409. The first-order valence-electron chi connectivity index (χ1n) is 8.71. The van der Waals surface area contributed by atoms with Crippen molar-refractivity contribution in [2.24, 2.45) is 5.92 Å². The molecule has 4 atom stereocenters. The van der Waals surface area contributed by atoms with Crippen LogP contribution in [-0.4, -0.2) is 48.9 Å². The van der Waals surface area contributed by atoms with E-state index in [1.54, 1.807) is 18.9 Å². The molecule has 0 bridgehead atoms. The highest BCUT2D eigenvalue weighted by molar-refractivity contribution is 8.00. The number of methoxy groups -OCH3 is 1. The molecular weight excluding hydrogens is 328 g/mol. The van der Waals surface area contributed by atoms with E-state index in [-0.39, 0.29) is 17.8 Å². The fraction of sp³-hybridized carbons (Fsp3) is 0.778. The van der Waals surface area contributed by atoms with Gasteiger partial charge in [0.25, 0.3) is 0 Å². The van der Waals surface area contributed by atoms with Crippen LogP contribution < -0.4 is 0 Å². The Kier molecular flexibility index (Phi) is 7.62. The summed E-state index contributed by atoms with van der Waals surface area (Å²) in [6.45, 7) is 4.68. The van der Waals surface area contributed by atoms with Gasteiger partial charge in [-0.3, -0.25) is 4.79 Å². The number of cyclic esters (lactones) is 1. The zero-order chi connectivity index (χ0) is 17.5. The van der Waals surface area contributed by atoms with Crippen LogP contribution in [0.5, 0.6) is 0 Å². The molecule has 0 aromatic carbocycles. The quantitative estimate of drug-likeness (QED) is 0.516. The van der Waals surface area contributed by atoms with Crippen molar-refractivity contribution in [2.75, 3.05) is 19.5 Å². The Labute approximate surface area is 148 Å². The highest BCUT2D eigenvalue weighted by Crippen LogP contribution is 2.35. The van der Waals surface area contributed by atoms with Crippen LogP contribution in [0.4, 0.5) is 0 Å². The van der Waals surface area contributed by atoms with Crippen molar-refractivity contribution >= 4 is 23.7 Å². The Morgan fingerprint density at radius 3 is 2.79 bits per heavy atom. The maximum atomic E-state index is 11.9. The molecule has 1 aliphatic carbocycles. The summed E-state index contributed by atoms with van der Waals surface area (Å²) in [6, 6.07) is 0. The van der Waals surface area contributed by atoms with Gasteiger partial charge < -0.3 is 14.2 Å². The van der Waals surface area contributed by atoms with Crippen LogP contribution in [0.3, 0.4) is 0 Å². The minimum atomic E-state index is -0.714. The minimum absolute atomic E-state index is 0.152. The highest BCUT2D eigenvalue weighted by atomic mass is 32.2. The third-order valence-electron chi connectivity index (χ3n) is 4.73. The normalized spacial score (nSPS) is 31.0. The molecule has 0 aromatic heterocycles. The molecule has 0 amide bonds. The second kappa shape index (κ2) is 9.47. The van der Waals surface area contributed by atoms with E-state index in [0.717, 1.165) is 25.7 Å². The van der Waals surface area contributed by atoms with Crippen molar-refractivity contribution < 1.29 is 23.8 Å². The van der Waals surface area contributed by atoms with Gasteiger partial charge in [0.15, 0.2) is 0 Å². The molecule has 1 heterocycles. The van der Waals surface area contributed by atoms with Gasteiger partial charge in [-0.1, -0.05) is 18.6 Å². The minimum Gasteiger partial charge on any atom is -0.463 e. The van der Waals surface area contributed by atoms with E-state index in [1.165, 1.54) is 5.57 Å². The Morgan fingerprint density at radius 2 is 2.17 bits per heavy atom. The van der Waals surface area contributed by atoms with Gasteiger partial charge in [-0.15, -0.1) is 11.8 Å². The van der Waals surface area contributed by atoms with Crippen LogP contribution in [0.25, 0.3) is 0 Å². The number of rotatable bonds is 7. The molecule has 2 unspecified atom stereocenters. The van der Waals surface area contributed by atoms with E-state index in [1.807, 2.05) is 0 Å². The lowest BCUT2D eigenvalue weighted by atomic mass is 9.85. The molecule has 2 fully saturated rings. The van der Waals surface area contributed by atoms with Crippen LogP contribution in [0, 0.1) is 5.92 Å². The van der Waals surface area contributed by atoms with Crippen molar-refractivity contribution in [1.82, 2.24) is 0 Å². The maximum absolute atomic E-state index is 11.9. The number of thioether (sulfide) groups is 1. The molecule has 1 saturated carbocycles. The Morgan fingerprint density at radius 1 is 1.38 bits per heavy atom. The van der Waals surface area contributed by atoms with E-state index >= 15 is 0 Å². The number of carbonyl (C=O) groups is 2. The number of carbonyl (C=O) groups excluding carboxylic acids is 2. The summed E-state index contributed by atoms with van der Waals surface area (Å²) < 4.78 is 15.6. The van der Waals surface area contributed by atoms with Crippen molar-refractivity contribution in [3.8, 4) is 0 Å². The van der Waals surface area contributed by atoms with Crippen LogP contribution in [0.1, 0.15) is 46.0 Å². The molecule has 0 aromatic rings. The number of allylic oxidation sites excluding steroid dienone is 2. The number of hydrogen-bond acceptors (Lipinski definition) is 6. The summed E-state index contributed by atoms with van der Waals surface area (Å²) in [5, 5.41) is 0.296. The lowest BCUT2D eigenvalue weighted by molar-refractivity contribution is -0.158. The van der Waals surface area contributed by atoms with Gasteiger partial charge in [-0.25, -0.2) is 4.79 Å². The van der Waals surface area contributed by atoms with E-state index in [2.05, 4.69) is 19.9 Å². The maximum Gasteiger partial charge on any atom is 0.347 e. The standard InChI is InChI=1S/C18H28O5S/c1-4-12(2)9-13-5-6-16(15(10-13)21-3)24-11-17(19)23-14-7-8-22-18(14)20/h9,13-16H,4-8,10-11H2,1-3H3/b12-9+/t13?,14?,15-,16+/m1/s1. The zero-order valence-electron chi connectivity index (χ0n) is 14.8. The van der Waals surface area contributed by atoms with Gasteiger partial charge in [-0.2, -0.15) is 0 Å². The second-order valence-electron chi connectivity index (χ2n) is 6.50. The molecule has 2 aliphatic rings. The van der Waals surface area contributed by atoms with E-state index in [9.17, 15) is 9.59 Å². The number of hydrogen-bond donors (Lipinski definition) is 0. The monoisotopic (exact) mass is 356 g/mol. The summed E-state index contributed by atoms with van der Waals surface area (Å²) >= 11 is 1.58. The van der Waals surface area contributed by atoms with E-state index < -0.39 is 12.1 Å². The molecule has 6 heteroatoms. The van der Waals surface area contributed by atoms with Crippen molar-refractivity contribution in [1.29, 1.82) is 0 Å². The lowest BCUT2D eigenvalue weighted by Crippen LogP contribution is -2.34. The molecule has 136 valence electrons. The molecule has 0 spiro atoms. The Balaban J connectivity index is 1.77. The molecule has 1 saturated heterocycles. The van der Waals surface area contributed by atoms with Gasteiger partial charge >= 0.3 is 11.9 Å². The van der Waals surface area contributed by atoms with E-state index in [4.69, 9.17) is 14.2 Å². The molecule has 1 aliphatic heterocycles. The van der Waals surface area contributed by atoms with Crippen LogP contribution in [-0.2, 0) is 23.8 Å². The smallest absolute Gasteiger partial charge is 0.347 e. The lowest BCUT2D eigenvalue weighted by Gasteiger charge is -2.34. The molecule has 5 nitrogen and oxygen atoms in total. The Hall–Kier alpha value is -1.01. The van der Waals surface area contributed by atoms with Gasteiger partial charge in [0.2, 0.25) is 6.10 Å². The molecule has 24 heavy (non-hydrogen) atoms. The van der Waals surface area contributed by atoms with Gasteiger partial charge in [0.05, 0.1) is 18.5 Å². The average Bonchev–Trinajstić information content (AvgIpc) is 2.98. The predicted octanol–water partition coefficient (Wildman–Crippen LogP) is 3.12. The summed E-state index contributed by atoms with van der Waals surface area (Å²) in [4.78, 5) is 23.3. The summed E-state index contributed by atoms with van der Waals surface area (Å²) in [5.41, 5.74) is 1.42. The van der Waals surface area contributed by atoms with Crippen LogP contribution >= 0.6 is 11.8 Å². The number of ether oxygens (including phenoxy) is 3. The second-order valence-corrected chi connectivity index (χ2v) is 7.73. The van der Waals surface area contributed by atoms with Crippen molar-refractivity contribution in [3.05, 3.63) is 11.6 Å². The topological polar surface area (TPSA) is 61.8 Å². The van der Waals surface area contributed by atoms with Crippen LogP contribution in [0.15, 0.2) is 11.6 Å². The average molecular weight is 356 g/mol. The van der Waals surface area contributed by atoms with E-state index in [0.29, 0.717) is 24.2 Å². The molecule has 0 radical (unpaired) electrons. The zero-order valence-corrected chi connectivity index (χ0v) is 15.6. The fourth-order valence-electron chi connectivity index (χ4n) is 3.19. The first kappa shape index (κ1) is 19.3. The van der Waals surface area contributed by atoms with Crippen molar-refractivity contribution in [3.63, 3.8) is 0 Å². The molecule has 0 N–H and O–H groups in total. The SMILES string of the molecule is CC/C(C)=C/C1CC[C@H](SCC(=O)OC2CCOC2=O)[C@H](OC)C1. The summed E-state index contributed by atoms with van der Waals surface area (Å²) in [6.07, 6.45) is 6.50. The van der Waals surface area contributed by atoms with Crippen molar-refractivity contribution in [2.45, 2.75) is 63.4 Å². The highest BCUT2D eigenvalue weighted by Gasteiger charge is 2.33. The molecule has 2 rings (SSSR count). The fourth-order valence-corrected chi connectivity index (χ4v) is 4.35. The third-order valence-corrected chi connectivity index (χ3v) is 6.10. The summed E-state index contributed by atoms with van der Waals surface area (Å²) in [7, 11) is 1.74. The largest absolute Gasteiger partial charge is 0.463 e. The first-order valence-corrected chi connectivity index (χ1v) is 9.76. The third kappa shape index (κ3) is 5.52. The van der Waals surface area contributed by atoms with Gasteiger partial charge in [-0.05, 0) is 38.5 Å².